The van der Waals surface area contributed by atoms with E-state index < -0.39 is 10.0 Å². The van der Waals surface area contributed by atoms with Gasteiger partial charge in [-0.05, 0) is 30.3 Å². The lowest BCUT2D eigenvalue weighted by atomic mass is 10.4. The molecule has 22 heavy (non-hydrogen) atoms. The van der Waals surface area contributed by atoms with Crippen molar-refractivity contribution in [3.05, 3.63) is 53.4 Å². The van der Waals surface area contributed by atoms with Gasteiger partial charge in [-0.15, -0.1) is 0 Å². The SMILES string of the molecule is O=C(CCNS(=O)(=O)c1cccc(Cl)c1)NCc1ccco1. The minimum Gasteiger partial charge on any atom is -0.467 e. The van der Waals surface area contributed by atoms with Gasteiger partial charge in [-0.2, -0.15) is 0 Å². The van der Waals surface area contributed by atoms with Crippen LogP contribution < -0.4 is 10.0 Å². The summed E-state index contributed by atoms with van der Waals surface area (Å²) >= 11 is 5.76. The van der Waals surface area contributed by atoms with Crippen LogP contribution in [0.25, 0.3) is 0 Å². The number of rotatable bonds is 7. The van der Waals surface area contributed by atoms with E-state index in [4.69, 9.17) is 16.0 Å². The van der Waals surface area contributed by atoms with Gasteiger partial charge in [0.25, 0.3) is 0 Å². The lowest BCUT2D eigenvalue weighted by Gasteiger charge is -2.07. The van der Waals surface area contributed by atoms with Crippen molar-refractivity contribution >= 4 is 27.5 Å². The van der Waals surface area contributed by atoms with Gasteiger partial charge in [-0.25, -0.2) is 13.1 Å². The first-order valence-corrected chi connectivity index (χ1v) is 8.38. The topological polar surface area (TPSA) is 88.4 Å². The van der Waals surface area contributed by atoms with E-state index in [0.29, 0.717) is 10.8 Å². The van der Waals surface area contributed by atoms with Crippen LogP contribution in [0.1, 0.15) is 12.2 Å². The molecule has 6 nitrogen and oxygen atoms in total. The Morgan fingerprint density at radius 3 is 2.73 bits per heavy atom. The van der Waals surface area contributed by atoms with E-state index in [1.54, 1.807) is 24.3 Å². The Labute approximate surface area is 133 Å². The molecule has 8 heteroatoms. The highest BCUT2D eigenvalue weighted by Crippen LogP contribution is 2.14. The summed E-state index contributed by atoms with van der Waals surface area (Å²) in [6.07, 6.45) is 1.54. The monoisotopic (exact) mass is 342 g/mol. The van der Waals surface area contributed by atoms with Crippen LogP contribution in [0.4, 0.5) is 0 Å². The summed E-state index contributed by atoms with van der Waals surface area (Å²) in [6.45, 7) is 0.270. The summed E-state index contributed by atoms with van der Waals surface area (Å²) in [5.74, 6) is 0.359. The molecule has 0 unspecified atom stereocenters. The molecule has 0 fully saturated rings. The number of carbonyl (C=O) groups excluding carboxylic acids is 1. The number of amides is 1. The third-order valence-electron chi connectivity index (χ3n) is 2.79. The zero-order valence-electron chi connectivity index (χ0n) is 11.6. The van der Waals surface area contributed by atoms with Gasteiger partial charge in [0.15, 0.2) is 0 Å². The summed E-state index contributed by atoms with van der Waals surface area (Å²) in [7, 11) is -3.67. The third kappa shape index (κ3) is 4.87. The molecule has 1 aromatic carbocycles. The zero-order chi connectivity index (χ0) is 16.0. The quantitative estimate of drug-likeness (QED) is 0.804. The lowest BCUT2D eigenvalue weighted by molar-refractivity contribution is -0.121. The average Bonchev–Trinajstić information content (AvgIpc) is 2.98. The minimum absolute atomic E-state index is 0.00116. The second kappa shape index (κ2) is 7.44. The molecule has 1 heterocycles. The highest BCUT2D eigenvalue weighted by Gasteiger charge is 2.14. The molecular weight excluding hydrogens is 328 g/mol. The summed E-state index contributed by atoms with van der Waals surface area (Å²) in [6, 6.07) is 9.38. The molecule has 0 spiro atoms. The fraction of sp³-hybridized carbons (Fsp3) is 0.214. The first-order valence-electron chi connectivity index (χ1n) is 6.52. The number of carbonyl (C=O) groups is 1. The van der Waals surface area contributed by atoms with Crippen molar-refractivity contribution in [2.24, 2.45) is 0 Å². The van der Waals surface area contributed by atoms with Gasteiger partial charge >= 0.3 is 0 Å². The van der Waals surface area contributed by atoms with Crippen molar-refractivity contribution in [3.8, 4) is 0 Å². The number of hydrogen-bond acceptors (Lipinski definition) is 4. The van der Waals surface area contributed by atoms with Crippen molar-refractivity contribution < 1.29 is 17.6 Å². The lowest BCUT2D eigenvalue weighted by Crippen LogP contribution is -2.30. The van der Waals surface area contributed by atoms with Gasteiger partial charge in [0.1, 0.15) is 5.76 Å². The molecule has 2 aromatic rings. The molecule has 0 bridgehead atoms. The normalized spacial score (nSPS) is 11.3. The Kier molecular flexibility index (Phi) is 5.59. The smallest absolute Gasteiger partial charge is 0.240 e. The molecule has 118 valence electrons. The summed E-state index contributed by atoms with van der Waals surface area (Å²) < 4.78 is 31.4. The van der Waals surface area contributed by atoms with Gasteiger partial charge in [-0.1, -0.05) is 17.7 Å². The fourth-order valence-corrected chi connectivity index (χ4v) is 3.04. The van der Waals surface area contributed by atoms with Crippen LogP contribution in [0.3, 0.4) is 0 Å². The Balaban J connectivity index is 1.78. The van der Waals surface area contributed by atoms with Gasteiger partial charge in [-0.3, -0.25) is 4.79 Å². The zero-order valence-corrected chi connectivity index (χ0v) is 13.2. The third-order valence-corrected chi connectivity index (χ3v) is 4.48. The van der Waals surface area contributed by atoms with E-state index in [2.05, 4.69) is 10.0 Å². The molecule has 0 aliphatic rings. The average molecular weight is 343 g/mol. The summed E-state index contributed by atoms with van der Waals surface area (Å²) in [5.41, 5.74) is 0. The molecule has 1 aromatic heterocycles. The second-order valence-electron chi connectivity index (χ2n) is 4.46. The standard InChI is InChI=1S/C14H15ClN2O4S/c15-11-3-1-5-13(9-11)22(19,20)17-7-6-14(18)16-10-12-4-2-8-21-12/h1-5,8-9,17H,6-7,10H2,(H,16,18). The van der Waals surface area contributed by atoms with E-state index >= 15 is 0 Å². The largest absolute Gasteiger partial charge is 0.467 e. The van der Waals surface area contributed by atoms with E-state index in [1.165, 1.54) is 18.4 Å². The first-order chi connectivity index (χ1) is 10.5. The Bertz CT molecular complexity index is 729. The predicted molar refractivity (Wildman–Crippen MR) is 81.8 cm³/mol. The maximum Gasteiger partial charge on any atom is 0.240 e. The van der Waals surface area contributed by atoms with Crippen molar-refractivity contribution in [1.29, 1.82) is 0 Å². The van der Waals surface area contributed by atoms with Gasteiger partial charge in [0, 0.05) is 18.0 Å². The van der Waals surface area contributed by atoms with Crippen LogP contribution in [-0.2, 0) is 21.4 Å². The van der Waals surface area contributed by atoms with Crippen LogP contribution in [0.5, 0.6) is 0 Å². The maximum absolute atomic E-state index is 12.0. The van der Waals surface area contributed by atoms with Crippen molar-refractivity contribution in [2.75, 3.05) is 6.54 Å². The Hall–Kier alpha value is -1.83. The number of furan rings is 1. The molecule has 0 atom stereocenters. The number of halogens is 1. The van der Waals surface area contributed by atoms with Crippen LogP contribution >= 0.6 is 11.6 Å². The molecule has 2 rings (SSSR count). The Morgan fingerprint density at radius 1 is 1.23 bits per heavy atom. The van der Waals surface area contributed by atoms with Crippen LogP contribution in [0, 0.1) is 0 Å². The van der Waals surface area contributed by atoms with E-state index in [9.17, 15) is 13.2 Å². The summed E-state index contributed by atoms with van der Waals surface area (Å²) in [4.78, 5) is 11.7. The minimum atomic E-state index is -3.67. The predicted octanol–water partition coefficient (Wildman–Crippen LogP) is 1.92. The van der Waals surface area contributed by atoms with Gasteiger partial charge in [0.05, 0.1) is 17.7 Å². The first kappa shape index (κ1) is 16.5. The number of sulfonamides is 1. The number of hydrogen-bond donors (Lipinski definition) is 2. The van der Waals surface area contributed by atoms with Crippen LogP contribution in [-0.4, -0.2) is 20.9 Å². The van der Waals surface area contributed by atoms with Crippen LogP contribution in [0.15, 0.2) is 52.0 Å². The van der Waals surface area contributed by atoms with E-state index in [1.807, 2.05) is 0 Å². The molecule has 0 aliphatic carbocycles. The molecule has 0 saturated heterocycles. The molecular formula is C14H15ClN2O4S. The molecule has 0 aliphatic heterocycles. The maximum atomic E-state index is 12.0. The fourth-order valence-electron chi connectivity index (χ4n) is 1.70. The number of nitrogens with one attached hydrogen (secondary N) is 2. The van der Waals surface area contributed by atoms with Crippen molar-refractivity contribution in [2.45, 2.75) is 17.9 Å². The summed E-state index contributed by atoms with van der Waals surface area (Å²) in [5, 5.41) is 2.96. The molecule has 0 saturated carbocycles. The molecule has 0 radical (unpaired) electrons. The Morgan fingerprint density at radius 2 is 2.05 bits per heavy atom. The van der Waals surface area contributed by atoms with E-state index in [0.717, 1.165) is 0 Å². The second-order valence-corrected chi connectivity index (χ2v) is 6.66. The van der Waals surface area contributed by atoms with Crippen molar-refractivity contribution in [1.82, 2.24) is 10.0 Å². The van der Waals surface area contributed by atoms with E-state index in [-0.39, 0.29) is 30.3 Å². The molecule has 1 amide bonds. The van der Waals surface area contributed by atoms with Crippen LogP contribution in [0.2, 0.25) is 5.02 Å². The number of benzene rings is 1. The van der Waals surface area contributed by atoms with Gasteiger partial charge < -0.3 is 9.73 Å². The van der Waals surface area contributed by atoms with Crippen molar-refractivity contribution in [3.63, 3.8) is 0 Å². The highest BCUT2D eigenvalue weighted by molar-refractivity contribution is 7.89. The van der Waals surface area contributed by atoms with Gasteiger partial charge in [0.2, 0.25) is 15.9 Å². The molecule has 2 N–H and O–H groups in total. The highest BCUT2D eigenvalue weighted by atomic mass is 35.5.